The van der Waals surface area contributed by atoms with Gasteiger partial charge in [-0.3, -0.25) is 5.32 Å². The van der Waals surface area contributed by atoms with Crippen LogP contribution in [0.4, 0.5) is 0 Å². The molecule has 0 amide bonds. The number of allylic oxidation sites excluding steroid dienone is 6. The number of nitrogens with zero attached hydrogens (tertiary/aromatic N) is 1. The maximum atomic E-state index is 5.23. The van der Waals surface area contributed by atoms with Crippen molar-refractivity contribution in [1.82, 2.24) is 10.6 Å². The highest BCUT2D eigenvalue weighted by molar-refractivity contribution is 6.00. The van der Waals surface area contributed by atoms with E-state index in [4.69, 9.17) is 4.99 Å². The number of rotatable bonds is 6. The Morgan fingerprint density at radius 3 is 1.86 bits per heavy atom. The number of nitrogens with one attached hydrogen (secondary N) is 2. The first kappa shape index (κ1) is 40.0. The topological polar surface area (TPSA) is 36.4 Å². The quantitative estimate of drug-likeness (QED) is 0.175. The molecule has 7 aliphatic rings. The molecular weight excluding hydrogens is 799 g/mol. The minimum absolute atomic E-state index is 0.0694. The minimum atomic E-state index is -0.155. The van der Waals surface area contributed by atoms with Crippen molar-refractivity contribution in [3.63, 3.8) is 0 Å². The number of benzene rings is 6. The van der Waals surface area contributed by atoms with Gasteiger partial charge in [0.05, 0.1) is 0 Å². The van der Waals surface area contributed by atoms with E-state index in [-0.39, 0.29) is 23.2 Å². The highest BCUT2D eigenvalue weighted by atomic mass is 15.3. The third-order valence-corrected chi connectivity index (χ3v) is 16.7. The van der Waals surface area contributed by atoms with Crippen molar-refractivity contribution in [1.29, 1.82) is 0 Å². The molecule has 0 saturated heterocycles. The van der Waals surface area contributed by atoms with E-state index in [0.29, 0.717) is 5.92 Å². The average Bonchev–Trinajstić information content (AvgIpc) is 3.80. The van der Waals surface area contributed by atoms with E-state index in [2.05, 4.69) is 181 Å². The summed E-state index contributed by atoms with van der Waals surface area (Å²) in [5.41, 5.74) is 22.8. The number of hydrogen-bond acceptors (Lipinski definition) is 3. The van der Waals surface area contributed by atoms with Gasteiger partial charge in [-0.2, -0.15) is 0 Å². The summed E-state index contributed by atoms with van der Waals surface area (Å²) < 4.78 is 0. The molecule has 3 unspecified atom stereocenters. The van der Waals surface area contributed by atoms with Crippen LogP contribution in [0.3, 0.4) is 0 Å². The molecule has 2 fully saturated rings. The third kappa shape index (κ3) is 6.60. The first-order valence-corrected chi connectivity index (χ1v) is 25.2. The van der Waals surface area contributed by atoms with Crippen molar-refractivity contribution in [3.8, 4) is 33.4 Å². The van der Waals surface area contributed by atoms with Crippen molar-refractivity contribution in [3.05, 3.63) is 220 Å². The second kappa shape index (κ2) is 16.2. The lowest BCUT2D eigenvalue weighted by Crippen LogP contribution is -2.52. The van der Waals surface area contributed by atoms with E-state index in [9.17, 15) is 0 Å². The van der Waals surface area contributed by atoms with Crippen molar-refractivity contribution >= 4 is 11.4 Å². The lowest BCUT2D eigenvalue weighted by molar-refractivity contribution is 0.350. The fourth-order valence-corrected chi connectivity index (χ4v) is 13.4. The molecule has 326 valence electrons. The highest BCUT2D eigenvalue weighted by Crippen LogP contribution is 2.62. The van der Waals surface area contributed by atoms with Gasteiger partial charge in [0.15, 0.2) is 0 Å². The molecule has 6 aliphatic carbocycles. The van der Waals surface area contributed by atoms with E-state index < -0.39 is 0 Å². The Labute approximate surface area is 391 Å². The third-order valence-electron chi connectivity index (χ3n) is 16.7. The van der Waals surface area contributed by atoms with Crippen LogP contribution >= 0.6 is 0 Å². The van der Waals surface area contributed by atoms with E-state index >= 15 is 0 Å². The molecule has 6 aromatic carbocycles. The van der Waals surface area contributed by atoms with Crippen LogP contribution in [0.15, 0.2) is 180 Å². The van der Waals surface area contributed by atoms with Crippen LogP contribution in [-0.2, 0) is 10.8 Å². The second-order valence-electron chi connectivity index (χ2n) is 20.3. The van der Waals surface area contributed by atoms with Crippen molar-refractivity contribution in [2.75, 3.05) is 0 Å². The molecule has 13 rings (SSSR count). The Hall–Kier alpha value is -6.29. The van der Waals surface area contributed by atoms with Crippen molar-refractivity contribution in [2.45, 2.75) is 113 Å². The normalized spacial score (nSPS) is 23.0. The van der Waals surface area contributed by atoms with Crippen LogP contribution in [0.2, 0.25) is 0 Å². The van der Waals surface area contributed by atoms with Crippen molar-refractivity contribution in [2.24, 2.45) is 4.99 Å². The van der Waals surface area contributed by atoms with Gasteiger partial charge in [-0.05, 0) is 147 Å². The summed E-state index contributed by atoms with van der Waals surface area (Å²) in [6.45, 7) is 0. The summed E-state index contributed by atoms with van der Waals surface area (Å²) in [6.07, 6.45) is 30.1. The zero-order chi connectivity index (χ0) is 43.7. The Morgan fingerprint density at radius 1 is 0.485 bits per heavy atom. The number of aliphatic imine (C=N–C) groups is 1. The molecule has 2 saturated carbocycles. The number of fused-ring (bicyclic) bond motifs is 10. The van der Waals surface area contributed by atoms with Crippen LogP contribution in [-0.4, -0.2) is 12.0 Å². The van der Waals surface area contributed by atoms with Gasteiger partial charge in [0.2, 0.25) is 0 Å². The maximum Gasteiger partial charge on any atom is 0.131 e. The number of hydrogen-bond donors (Lipinski definition) is 2. The molecule has 3 nitrogen and oxygen atoms in total. The van der Waals surface area contributed by atoms with E-state index in [1.807, 2.05) is 0 Å². The van der Waals surface area contributed by atoms with Crippen LogP contribution < -0.4 is 10.6 Å². The fraction of sp³-hybridized carbons (Fsp3) is 0.286. The van der Waals surface area contributed by atoms with Gasteiger partial charge in [-0.1, -0.05) is 190 Å². The summed E-state index contributed by atoms with van der Waals surface area (Å²) in [7, 11) is 0. The molecule has 2 N–H and O–H groups in total. The summed E-state index contributed by atoms with van der Waals surface area (Å²) in [6, 6.07) is 51.4. The second-order valence-corrected chi connectivity index (χ2v) is 20.3. The largest absolute Gasteiger partial charge is 0.350 e. The molecule has 1 heterocycles. The van der Waals surface area contributed by atoms with Crippen LogP contribution in [0.1, 0.15) is 140 Å². The first-order valence-electron chi connectivity index (χ1n) is 25.2. The molecule has 0 radical (unpaired) electrons. The first-order chi connectivity index (χ1) is 32.6. The summed E-state index contributed by atoms with van der Waals surface area (Å²) in [5, 5.41) is 7.63. The molecule has 3 heteroatoms. The smallest absolute Gasteiger partial charge is 0.131 e. The molecule has 1 aliphatic heterocycles. The van der Waals surface area contributed by atoms with Crippen LogP contribution in [0.5, 0.6) is 0 Å². The molecule has 6 aromatic rings. The highest BCUT2D eigenvalue weighted by Gasteiger charge is 2.49. The van der Waals surface area contributed by atoms with Crippen LogP contribution in [0, 0.1) is 0 Å². The van der Waals surface area contributed by atoms with Gasteiger partial charge in [0.1, 0.15) is 18.2 Å². The van der Waals surface area contributed by atoms with Gasteiger partial charge in [-0.25, -0.2) is 4.99 Å². The minimum Gasteiger partial charge on any atom is -0.350 e. The molecular formula is C63H59N3. The van der Waals surface area contributed by atoms with Gasteiger partial charge < -0.3 is 5.32 Å². The summed E-state index contributed by atoms with van der Waals surface area (Å²) in [5.74, 6) is 1.23. The molecule has 0 bridgehead atoms. The Bertz CT molecular complexity index is 3020. The van der Waals surface area contributed by atoms with E-state index in [1.54, 1.807) is 22.3 Å². The maximum absolute atomic E-state index is 5.23. The zero-order valence-corrected chi connectivity index (χ0v) is 38.0. The SMILES string of the molecule is C1=CC(c2ccc(C3=NC(c4ccccc4)NC(C4=CCC(c5cccc(-c6ccc7c(c6)-c6cc8c(cc6C76CCCCC6)-c6ccccc6C86CCCCC6)c5)C=C4)N3)cc2)=CCC1. The lowest BCUT2D eigenvalue weighted by Gasteiger charge is -2.37. The zero-order valence-electron chi connectivity index (χ0n) is 38.0. The molecule has 2 spiro atoms. The van der Waals surface area contributed by atoms with Crippen molar-refractivity contribution < 1.29 is 0 Å². The fourth-order valence-electron chi connectivity index (χ4n) is 13.4. The Kier molecular flexibility index (Phi) is 9.85. The Balaban J connectivity index is 0.792. The van der Waals surface area contributed by atoms with Gasteiger partial charge in [0, 0.05) is 22.3 Å². The lowest BCUT2D eigenvalue weighted by atomic mass is 9.66. The Morgan fingerprint density at radius 2 is 1.14 bits per heavy atom. The van der Waals surface area contributed by atoms with E-state index in [0.717, 1.165) is 36.2 Å². The van der Waals surface area contributed by atoms with Gasteiger partial charge in [-0.15, -0.1) is 0 Å². The van der Waals surface area contributed by atoms with Gasteiger partial charge >= 0.3 is 0 Å². The molecule has 66 heavy (non-hydrogen) atoms. The molecule has 0 aromatic heterocycles. The predicted molar refractivity (Wildman–Crippen MR) is 274 cm³/mol. The summed E-state index contributed by atoms with van der Waals surface area (Å²) >= 11 is 0. The van der Waals surface area contributed by atoms with Crippen LogP contribution in [0.25, 0.3) is 39.0 Å². The summed E-state index contributed by atoms with van der Waals surface area (Å²) in [4.78, 5) is 5.23. The monoisotopic (exact) mass is 857 g/mol. The molecule has 3 atom stereocenters. The predicted octanol–water partition coefficient (Wildman–Crippen LogP) is 15.2. The average molecular weight is 858 g/mol. The standard InChI is InChI=1S/C63H59N3/c1-5-16-42(17-6-1)43-24-28-46(29-25-43)60-64-59(45-18-7-2-8-19-45)65-61(66-60)47-30-26-44(27-31-47)48-20-15-21-49(38-48)50-32-33-56-52(39-50)54-41-57-53(40-58(54)63(56)36-13-4-14-37-63)51-22-9-10-23-55(51)62(57)34-11-3-12-35-62/h2,5,7-10,15-26,28-33,38-41,44,59,61,65H,1,3-4,6,11-14,27,34-37H2,(H,64,66). The number of amidine groups is 1. The van der Waals surface area contributed by atoms with Gasteiger partial charge in [0.25, 0.3) is 0 Å². The van der Waals surface area contributed by atoms with E-state index in [1.165, 1.54) is 120 Å².